The molecule has 0 aliphatic carbocycles. The van der Waals surface area contributed by atoms with Crippen LogP contribution in [0.15, 0.2) is 18.2 Å². The molecule has 0 aliphatic heterocycles. The minimum absolute atomic E-state index is 0.0890. The van der Waals surface area contributed by atoms with Gasteiger partial charge in [-0.3, -0.25) is 4.79 Å². The molecule has 0 saturated carbocycles. The van der Waals surface area contributed by atoms with E-state index in [9.17, 15) is 9.18 Å². The number of benzene rings is 1. The molecule has 94 valence electrons. The second-order valence-electron chi connectivity index (χ2n) is 3.59. The zero-order valence-corrected chi connectivity index (χ0v) is 10.1. The molecule has 5 heteroatoms. The van der Waals surface area contributed by atoms with Gasteiger partial charge in [0, 0.05) is 6.07 Å². The van der Waals surface area contributed by atoms with E-state index < -0.39 is 12.0 Å². The second kappa shape index (κ2) is 6.20. The number of hydrogen-bond acceptors (Lipinski definition) is 4. The monoisotopic (exact) mass is 241 g/mol. The second-order valence-corrected chi connectivity index (χ2v) is 3.59. The Morgan fingerprint density at radius 3 is 2.76 bits per heavy atom. The summed E-state index contributed by atoms with van der Waals surface area (Å²) in [6.45, 7) is 1.76. The molecule has 1 N–H and O–H groups in total. The van der Waals surface area contributed by atoms with Crippen LogP contribution in [-0.4, -0.2) is 32.8 Å². The maximum absolute atomic E-state index is 13.2. The quantitative estimate of drug-likeness (QED) is 0.789. The van der Waals surface area contributed by atoms with E-state index in [0.717, 1.165) is 0 Å². The standard InChI is InChI=1S/C12H16FNO3/c1-8-4-5-9(6-10(8)13)17-7-11(14-2)12(15)16-3/h4-6,11,14H,7H2,1-3H3. The molecule has 0 fully saturated rings. The number of ether oxygens (including phenoxy) is 2. The van der Waals surface area contributed by atoms with Crippen molar-refractivity contribution in [2.75, 3.05) is 20.8 Å². The number of aryl methyl sites for hydroxylation is 1. The predicted octanol–water partition coefficient (Wildman–Crippen LogP) is 1.27. The fourth-order valence-electron chi connectivity index (χ4n) is 1.25. The SMILES string of the molecule is CNC(COc1ccc(C)c(F)c1)C(=O)OC. The maximum atomic E-state index is 13.2. The van der Waals surface area contributed by atoms with Crippen LogP contribution in [0.4, 0.5) is 4.39 Å². The van der Waals surface area contributed by atoms with Gasteiger partial charge in [0.2, 0.25) is 0 Å². The average Bonchev–Trinajstić information content (AvgIpc) is 2.33. The molecule has 0 aliphatic rings. The number of carbonyl (C=O) groups excluding carboxylic acids is 1. The van der Waals surface area contributed by atoms with Crippen molar-refractivity contribution in [2.24, 2.45) is 0 Å². The highest BCUT2D eigenvalue weighted by molar-refractivity contribution is 5.75. The summed E-state index contributed by atoms with van der Waals surface area (Å²) in [5.74, 6) is -0.362. The van der Waals surface area contributed by atoms with Gasteiger partial charge >= 0.3 is 5.97 Å². The zero-order valence-electron chi connectivity index (χ0n) is 10.1. The van der Waals surface area contributed by atoms with Crippen molar-refractivity contribution in [1.82, 2.24) is 5.32 Å². The number of likely N-dealkylation sites (N-methyl/N-ethyl adjacent to an activating group) is 1. The first kappa shape index (κ1) is 13.4. The molecule has 1 rings (SSSR count). The Morgan fingerprint density at radius 1 is 1.53 bits per heavy atom. The van der Waals surface area contributed by atoms with Crippen LogP contribution >= 0.6 is 0 Å². The van der Waals surface area contributed by atoms with Crippen LogP contribution in [0.5, 0.6) is 5.75 Å². The van der Waals surface area contributed by atoms with Gasteiger partial charge in [-0.25, -0.2) is 4.39 Å². The molecule has 1 atom stereocenters. The average molecular weight is 241 g/mol. The normalized spacial score (nSPS) is 12.0. The van der Waals surface area contributed by atoms with E-state index in [0.29, 0.717) is 11.3 Å². The zero-order chi connectivity index (χ0) is 12.8. The highest BCUT2D eigenvalue weighted by atomic mass is 19.1. The summed E-state index contributed by atoms with van der Waals surface area (Å²) in [6, 6.07) is 4.00. The summed E-state index contributed by atoms with van der Waals surface area (Å²) in [5.41, 5.74) is 0.551. The Labute approximate surface area is 99.7 Å². The maximum Gasteiger partial charge on any atom is 0.326 e. The van der Waals surface area contributed by atoms with Gasteiger partial charge in [-0.15, -0.1) is 0 Å². The van der Waals surface area contributed by atoms with E-state index >= 15 is 0 Å². The molecule has 1 aromatic rings. The minimum atomic E-state index is -0.565. The van der Waals surface area contributed by atoms with Gasteiger partial charge in [-0.05, 0) is 25.6 Å². The largest absolute Gasteiger partial charge is 0.491 e. The van der Waals surface area contributed by atoms with Crippen LogP contribution in [0.25, 0.3) is 0 Å². The highest BCUT2D eigenvalue weighted by Crippen LogP contribution is 2.15. The number of nitrogens with one attached hydrogen (secondary N) is 1. The lowest BCUT2D eigenvalue weighted by Gasteiger charge is -2.14. The fourth-order valence-corrected chi connectivity index (χ4v) is 1.25. The fraction of sp³-hybridized carbons (Fsp3) is 0.417. The summed E-state index contributed by atoms with van der Waals surface area (Å²) >= 11 is 0. The lowest BCUT2D eigenvalue weighted by Crippen LogP contribution is -2.40. The third kappa shape index (κ3) is 3.71. The molecule has 0 radical (unpaired) electrons. The van der Waals surface area contributed by atoms with E-state index in [2.05, 4.69) is 10.1 Å². The summed E-state index contributed by atoms with van der Waals surface area (Å²) in [5, 5.41) is 2.76. The molecule has 4 nitrogen and oxygen atoms in total. The first-order valence-electron chi connectivity index (χ1n) is 5.22. The predicted molar refractivity (Wildman–Crippen MR) is 61.5 cm³/mol. The third-order valence-corrected chi connectivity index (χ3v) is 2.39. The highest BCUT2D eigenvalue weighted by Gasteiger charge is 2.17. The number of rotatable bonds is 5. The smallest absolute Gasteiger partial charge is 0.326 e. The molecule has 0 spiro atoms. The van der Waals surface area contributed by atoms with E-state index in [1.54, 1.807) is 26.1 Å². The van der Waals surface area contributed by atoms with Gasteiger partial charge in [0.15, 0.2) is 0 Å². The van der Waals surface area contributed by atoms with E-state index in [4.69, 9.17) is 4.74 Å². The van der Waals surface area contributed by atoms with E-state index in [1.807, 2.05) is 0 Å². The third-order valence-electron chi connectivity index (χ3n) is 2.39. The van der Waals surface area contributed by atoms with Crippen LogP contribution in [0.1, 0.15) is 5.56 Å². The Morgan fingerprint density at radius 2 is 2.24 bits per heavy atom. The Kier molecular flexibility index (Phi) is 4.90. The van der Waals surface area contributed by atoms with E-state index in [1.165, 1.54) is 13.2 Å². The molecule has 0 amide bonds. The topological polar surface area (TPSA) is 47.6 Å². The Balaban J connectivity index is 2.59. The summed E-state index contributed by atoms with van der Waals surface area (Å²) in [6.07, 6.45) is 0. The number of esters is 1. The molecule has 17 heavy (non-hydrogen) atoms. The summed E-state index contributed by atoms with van der Waals surface area (Å²) < 4.78 is 23.1. The molecule has 0 bridgehead atoms. The number of carbonyl (C=O) groups is 1. The number of halogens is 1. The molecule has 1 unspecified atom stereocenters. The molecular weight excluding hydrogens is 225 g/mol. The van der Waals surface area contributed by atoms with Gasteiger partial charge < -0.3 is 14.8 Å². The van der Waals surface area contributed by atoms with Crippen molar-refractivity contribution in [3.05, 3.63) is 29.6 Å². The molecule has 0 heterocycles. The van der Waals surface area contributed by atoms with Crippen molar-refractivity contribution < 1.29 is 18.7 Å². The van der Waals surface area contributed by atoms with Crippen LogP contribution in [0.3, 0.4) is 0 Å². The van der Waals surface area contributed by atoms with Gasteiger partial charge in [-0.1, -0.05) is 6.07 Å². The lowest BCUT2D eigenvalue weighted by atomic mass is 10.2. The van der Waals surface area contributed by atoms with Crippen molar-refractivity contribution in [1.29, 1.82) is 0 Å². The first-order valence-corrected chi connectivity index (χ1v) is 5.22. The minimum Gasteiger partial charge on any atom is -0.491 e. The number of methoxy groups -OCH3 is 1. The summed E-state index contributed by atoms with van der Waals surface area (Å²) in [4.78, 5) is 11.2. The van der Waals surface area contributed by atoms with Crippen molar-refractivity contribution >= 4 is 5.97 Å². The van der Waals surface area contributed by atoms with Crippen LogP contribution < -0.4 is 10.1 Å². The Bertz CT molecular complexity index is 395. The number of hydrogen-bond donors (Lipinski definition) is 1. The van der Waals surface area contributed by atoms with Gasteiger partial charge in [0.1, 0.15) is 24.2 Å². The van der Waals surface area contributed by atoms with Crippen molar-refractivity contribution in [2.45, 2.75) is 13.0 Å². The van der Waals surface area contributed by atoms with Gasteiger partial charge in [-0.2, -0.15) is 0 Å². The molecule has 1 aromatic carbocycles. The van der Waals surface area contributed by atoms with Gasteiger partial charge in [0.25, 0.3) is 0 Å². The van der Waals surface area contributed by atoms with E-state index in [-0.39, 0.29) is 12.4 Å². The van der Waals surface area contributed by atoms with Crippen molar-refractivity contribution in [3.8, 4) is 5.75 Å². The van der Waals surface area contributed by atoms with Crippen LogP contribution in [0.2, 0.25) is 0 Å². The van der Waals surface area contributed by atoms with Crippen LogP contribution in [-0.2, 0) is 9.53 Å². The Hall–Kier alpha value is -1.62. The van der Waals surface area contributed by atoms with Crippen molar-refractivity contribution in [3.63, 3.8) is 0 Å². The lowest BCUT2D eigenvalue weighted by molar-refractivity contribution is -0.143. The molecule has 0 saturated heterocycles. The summed E-state index contributed by atoms with van der Waals surface area (Å²) in [7, 11) is 2.93. The van der Waals surface area contributed by atoms with Gasteiger partial charge in [0.05, 0.1) is 7.11 Å². The van der Waals surface area contributed by atoms with Crippen LogP contribution in [0, 0.1) is 12.7 Å². The first-order chi connectivity index (χ1) is 8.08. The molecule has 0 aromatic heterocycles. The molecular formula is C12H16FNO3.